The average molecular weight is 261 g/mol. The van der Waals surface area contributed by atoms with Crippen molar-refractivity contribution in [3.63, 3.8) is 0 Å². The van der Waals surface area contributed by atoms with Gasteiger partial charge in [0, 0.05) is 18.8 Å². The lowest BCUT2D eigenvalue weighted by Gasteiger charge is -2.42. The minimum Gasteiger partial charge on any atom is -0.390 e. The van der Waals surface area contributed by atoms with Gasteiger partial charge in [-0.3, -0.25) is 4.98 Å². The van der Waals surface area contributed by atoms with Crippen LogP contribution in [0, 0.1) is 11.3 Å². The normalized spacial score (nSPS) is 28.3. The van der Waals surface area contributed by atoms with E-state index < -0.39 is 5.60 Å². The van der Waals surface area contributed by atoms with Crippen molar-refractivity contribution in [3.05, 3.63) is 30.1 Å². The maximum absolute atomic E-state index is 10.8. The number of aromatic nitrogens is 1. The Morgan fingerprint density at radius 3 is 2.58 bits per heavy atom. The summed E-state index contributed by atoms with van der Waals surface area (Å²) in [6.45, 7) is 7.00. The maximum atomic E-state index is 10.8. The van der Waals surface area contributed by atoms with E-state index in [1.807, 2.05) is 12.3 Å². The summed E-state index contributed by atoms with van der Waals surface area (Å²) in [6.07, 6.45) is 9.79. The van der Waals surface area contributed by atoms with Crippen molar-refractivity contribution >= 4 is 0 Å². The molecule has 0 unspecified atom stereocenters. The van der Waals surface area contributed by atoms with E-state index in [-0.39, 0.29) is 0 Å². The van der Waals surface area contributed by atoms with Gasteiger partial charge in [-0.1, -0.05) is 33.3 Å². The molecule has 0 aliphatic heterocycles. The van der Waals surface area contributed by atoms with Gasteiger partial charge in [0.2, 0.25) is 0 Å². The molecule has 2 heteroatoms. The quantitative estimate of drug-likeness (QED) is 0.889. The number of nitrogens with zero attached hydrogens (tertiary/aromatic N) is 1. The van der Waals surface area contributed by atoms with Gasteiger partial charge in [-0.25, -0.2) is 0 Å². The van der Waals surface area contributed by atoms with Crippen molar-refractivity contribution in [1.82, 2.24) is 4.98 Å². The molecule has 1 aromatic heterocycles. The highest BCUT2D eigenvalue weighted by molar-refractivity contribution is 5.12. The van der Waals surface area contributed by atoms with Gasteiger partial charge in [-0.05, 0) is 48.6 Å². The Hall–Kier alpha value is -0.890. The van der Waals surface area contributed by atoms with E-state index in [0.29, 0.717) is 5.41 Å². The molecule has 0 saturated heterocycles. The lowest BCUT2D eigenvalue weighted by Crippen LogP contribution is -2.39. The van der Waals surface area contributed by atoms with Crippen LogP contribution in [0.15, 0.2) is 24.5 Å². The van der Waals surface area contributed by atoms with Crippen LogP contribution in [0.4, 0.5) is 0 Å². The highest BCUT2D eigenvalue weighted by Crippen LogP contribution is 2.44. The summed E-state index contributed by atoms with van der Waals surface area (Å²) < 4.78 is 0. The first-order chi connectivity index (χ1) is 8.95. The third-order valence-electron chi connectivity index (χ3n) is 5.19. The smallest absolute Gasteiger partial charge is 0.0688 e. The van der Waals surface area contributed by atoms with Gasteiger partial charge in [0.05, 0.1) is 5.60 Å². The van der Waals surface area contributed by atoms with E-state index >= 15 is 0 Å². The van der Waals surface area contributed by atoms with Gasteiger partial charge < -0.3 is 5.11 Å². The highest BCUT2D eigenvalue weighted by Gasteiger charge is 2.38. The fourth-order valence-corrected chi connectivity index (χ4v) is 3.28. The molecular weight excluding hydrogens is 234 g/mol. The number of aliphatic hydroxyl groups is 1. The van der Waals surface area contributed by atoms with Crippen LogP contribution in [0.3, 0.4) is 0 Å². The van der Waals surface area contributed by atoms with Gasteiger partial charge in [0.25, 0.3) is 0 Å². The van der Waals surface area contributed by atoms with Crippen LogP contribution in [0.1, 0.15) is 58.4 Å². The minimum absolute atomic E-state index is 0.412. The molecule has 2 rings (SSSR count). The first-order valence-corrected chi connectivity index (χ1v) is 7.56. The molecular formula is C17H27NO. The lowest BCUT2D eigenvalue weighted by atomic mass is 9.65. The van der Waals surface area contributed by atoms with Crippen molar-refractivity contribution in [3.8, 4) is 0 Å². The molecule has 1 aliphatic rings. The molecule has 0 spiro atoms. The van der Waals surface area contributed by atoms with E-state index in [0.717, 1.165) is 43.6 Å². The third kappa shape index (κ3) is 3.56. The van der Waals surface area contributed by atoms with Gasteiger partial charge in [0.1, 0.15) is 0 Å². The summed E-state index contributed by atoms with van der Waals surface area (Å²) >= 11 is 0. The topological polar surface area (TPSA) is 33.1 Å². The number of pyridine rings is 1. The monoisotopic (exact) mass is 261 g/mol. The summed E-state index contributed by atoms with van der Waals surface area (Å²) in [5.41, 5.74) is 1.05. The fourth-order valence-electron chi connectivity index (χ4n) is 3.28. The molecule has 1 fully saturated rings. The zero-order chi connectivity index (χ0) is 13.9. The molecule has 2 nitrogen and oxygen atoms in total. The first-order valence-electron chi connectivity index (χ1n) is 7.56. The summed E-state index contributed by atoms with van der Waals surface area (Å²) in [4.78, 5) is 4.14. The second-order valence-electron chi connectivity index (χ2n) is 6.88. The van der Waals surface area contributed by atoms with Crippen molar-refractivity contribution in [2.45, 2.75) is 64.9 Å². The molecule has 106 valence electrons. The molecule has 1 aromatic rings. The summed E-state index contributed by atoms with van der Waals surface area (Å²) in [5, 5.41) is 10.8. The Morgan fingerprint density at radius 1 is 1.37 bits per heavy atom. The number of hydrogen-bond acceptors (Lipinski definition) is 2. The van der Waals surface area contributed by atoms with E-state index in [4.69, 9.17) is 0 Å². The second-order valence-corrected chi connectivity index (χ2v) is 6.88. The molecule has 0 bridgehead atoms. The van der Waals surface area contributed by atoms with Crippen molar-refractivity contribution in [2.24, 2.45) is 11.3 Å². The molecule has 1 N–H and O–H groups in total. The van der Waals surface area contributed by atoms with Gasteiger partial charge in [-0.2, -0.15) is 0 Å². The van der Waals surface area contributed by atoms with Crippen LogP contribution >= 0.6 is 0 Å². The molecule has 0 radical (unpaired) electrons. The van der Waals surface area contributed by atoms with Gasteiger partial charge >= 0.3 is 0 Å². The zero-order valence-electron chi connectivity index (χ0n) is 12.5. The molecule has 0 amide bonds. The Labute approximate surface area is 117 Å². The molecule has 1 aliphatic carbocycles. The summed E-state index contributed by atoms with van der Waals surface area (Å²) in [7, 11) is 0. The van der Waals surface area contributed by atoms with Crippen LogP contribution < -0.4 is 0 Å². The van der Waals surface area contributed by atoms with E-state index in [9.17, 15) is 5.11 Å². The summed E-state index contributed by atoms with van der Waals surface area (Å²) in [5.74, 6) is 0.756. The molecule has 19 heavy (non-hydrogen) atoms. The van der Waals surface area contributed by atoms with E-state index in [1.54, 1.807) is 6.20 Å². The second kappa shape index (κ2) is 5.62. The number of hydrogen-bond donors (Lipinski definition) is 1. The highest BCUT2D eigenvalue weighted by atomic mass is 16.3. The van der Waals surface area contributed by atoms with Crippen LogP contribution in [0.2, 0.25) is 0 Å². The zero-order valence-corrected chi connectivity index (χ0v) is 12.5. The van der Waals surface area contributed by atoms with Crippen LogP contribution in [-0.4, -0.2) is 15.7 Å². The van der Waals surface area contributed by atoms with Crippen LogP contribution in [0.5, 0.6) is 0 Å². The van der Waals surface area contributed by atoms with E-state index in [2.05, 4.69) is 31.8 Å². The predicted molar refractivity (Wildman–Crippen MR) is 78.9 cm³/mol. The molecule has 0 aromatic carbocycles. The maximum Gasteiger partial charge on any atom is 0.0688 e. The molecule has 1 saturated carbocycles. The van der Waals surface area contributed by atoms with Crippen LogP contribution in [-0.2, 0) is 6.42 Å². The fraction of sp³-hybridized carbons (Fsp3) is 0.706. The standard InChI is InChI=1S/C17H27NO/c1-4-16(2,3)15-7-9-17(19,10-8-15)12-14-6-5-11-18-13-14/h5-6,11,13,15,19H,4,7-10,12H2,1-3H3. The predicted octanol–water partition coefficient (Wildman–Crippen LogP) is 3.98. The van der Waals surface area contributed by atoms with Gasteiger partial charge in [0.15, 0.2) is 0 Å². The third-order valence-corrected chi connectivity index (χ3v) is 5.19. The van der Waals surface area contributed by atoms with Crippen molar-refractivity contribution in [1.29, 1.82) is 0 Å². The molecule has 1 heterocycles. The SMILES string of the molecule is CCC(C)(C)C1CCC(O)(Cc2cccnc2)CC1. The van der Waals surface area contributed by atoms with Gasteiger partial charge in [-0.15, -0.1) is 0 Å². The Morgan fingerprint density at radius 2 is 2.05 bits per heavy atom. The number of rotatable bonds is 4. The van der Waals surface area contributed by atoms with Crippen molar-refractivity contribution in [2.75, 3.05) is 0 Å². The largest absolute Gasteiger partial charge is 0.390 e. The van der Waals surface area contributed by atoms with Crippen LogP contribution in [0.25, 0.3) is 0 Å². The molecule has 0 atom stereocenters. The Kier molecular flexibility index (Phi) is 4.29. The lowest BCUT2D eigenvalue weighted by molar-refractivity contribution is -0.0276. The first kappa shape index (κ1) is 14.5. The Bertz CT molecular complexity index is 391. The Balaban J connectivity index is 1.95. The minimum atomic E-state index is -0.511. The van der Waals surface area contributed by atoms with E-state index in [1.165, 1.54) is 6.42 Å². The van der Waals surface area contributed by atoms with Crippen molar-refractivity contribution < 1.29 is 5.11 Å². The summed E-state index contributed by atoms with van der Waals surface area (Å²) in [6, 6.07) is 4.01. The average Bonchev–Trinajstić information content (AvgIpc) is 2.40.